The maximum atomic E-state index is 8.62. The number of hydrogen-bond acceptors (Lipinski definition) is 3. The second-order valence-electron chi connectivity index (χ2n) is 2.87. The van der Waals surface area contributed by atoms with Crippen molar-refractivity contribution in [2.45, 2.75) is 6.10 Å². The maximum absolute atomic E-state index is 8.62. The van der Waals surface area contributed by atoms with Crippen molar-refractivity contribution < 1.29 is 9.84 Å². The van der Waals surface area contributed by atoms with E-state index in [1.807, 2.05) is 18.2 Å². The van der Waals surface area contributed by atoms with Gasteiger partial charge in [0, 0.05) is 11.6 Å². The largest absolute Gasteiger partial charge is 0.394 e. The Balaban J connectivity index is 2.68. The summed E-state index contributed by atoms with van der Waals surface area (Å²) < 4.78 is 5.35. The number of nitrogens with two attached hydrogens (primary N) is 1. The van der Waals surface area contributed by atoms with Gasteiger partial charge in [-0.1, -0.05) is 23.7 Å². The predicted octanol–water partition coefficient (Wildman–Crippen LogP) is 1.35. The van der Waals surface area contributed by atoms with Gasteiger partial charge < -0.3 is 15.6 Å². The average Bonchev–Trinajstić information content (AvgIpc) is 2.19. The summed E-state index contributed by atoms with van der Waals surface area (Å²) in [5.41, 5.74) is 6.48. The fraction of sp³-hybridized carbons (Fsp3) is 0.400. The van der Waals surface area contributed by atoms with Crippen LogP contribution in [0.4, 0.5) is 0 Å². The van der Waals surface area contributed by atoms with E-state index >= 15 is 0 Å². The lowest BCUT2D eigenvalue weighted by Gasteiger charge is -2.15. The first-order valence-electron chi connectivity index (χ1n) is 4.46. The summed E-state index contributed by atoms with van der Waals surface area (Å²) >= 11 is 5.83. The number of aliphatic hydroxyl groups excluding tert-OH is 1. The van der Waals surface area contributed by atoms with Gasteiger partial charge in [-0.05, 0) is 17.7 Å². The molecule has 3 N–H and O–H groups in total. The molecular formula is C10H14ClNO2. The van der Waals surface area contributed by atoms with Crippen LogP contribution in [-0.4, -0.2) is 24.9 Å². The van der Waals surface area contributed by atoms with Gasteiger partial charge in [0.25, 0.3) is 0 Å². The highest BCUT2D eigenvalue weighted by atomic mass is 35.5. The van der Waals surface area contributed by atoms with E-state index in [2.05, 4.69) is 0 Å². The maximum Gasteiger partial charge on any atom is 0.0948 e. The van der Waals surface area contributed by atoms with Crippen LogP contribution in [-0.2, 0) is 4.74 Å². The summed E-state index contributed by atoms with van der Waals surface area (Å²) in [7, 11) is 0. The molecule has 0 aliphatic carbocycles. The molecule has 0 aliphatic heterocycles. The van der Waals surface area contributed by atoms with Crippen molar-refractivity contribution in [3.8, 4) is 0 Å². The molecule has 0 saturated carbocycles. The zero-order valence-corrected chi connectivity index (χ0v) is 8.57. The molecule has 0 radical (unpaired) electrons. The third-order valence-electron chi connectivity index (χ3n) is 1.84. The number of halogens is 1. The molecule has 3 nitrogen and oxygen atoms in total. The van der Waals surface area contributed by atoms with Crippen LogP contribution >= 0.6 is 11.6 Å². The average molecular weight is 216 g/mol. The van der Waals surface area contributed by atoms with Crippen molar-refractivity contribution in [1.29, 1.82) is 0 Å². The van der Waals surface area contributed by atoms with Gasteiger partial charge in [0.1, 0.15) is 0 Å². The predicted molar refractivity (Wildman–Crippen MR) is 56.3 cm³/mol. The Morgan fingerprint density at radius 2 is 2.29 bits per heavy atom. The van der Waals surface area contributed by atoms with Crippen LogP contribution in [0.15, 0.2) is 24.3 Å². The van der Waals surface area contributed by atoms with E-state index in [0.29, 0.717) is 11.6 Å². The Labute approximate surface area is 88.4 Å². The second-order valence-corrected chi connectivity index (χ2v) is 3.31. The molecule has 78 valence electrons. The fourth-order valence-electron chi connectivity index (χ4n) is 1.20. The van der Waals surface area contributed by atoms with Crippen LogP contribution in [0, 0.1) is 0 Å². The molecule has 14 heavy (non-hydrogen) atoms. The van der Waals surface area contributed by atoms with E-state index in [1.54, 1.807) is 6.07 Å². The number of ether oxygens (including phenoxy) is 1. The number of aliphatic hydroxyl groups is 1. The van der Waals surface area contributed by atoms with Crippen molar-refractivity contribution in [2.75, 3.05) is 19.8 Å². The minimum atomic E-state index is -0.194. The highest BCUT2D eigenvalue weighted by molar-refractivity contribution is 6.30. The number of hydrogen-bond donors (Lipinski definition) is 2. The topological polar surface area (TPSA) is 55.5 Å². The summed E-state index contributed by atoms with van der Waals surface area (Å²) in [6.07, 6.45) is -0.194. The van der Waals surface area contributed by atoms with Crippen molar-refractivity contribution in [3.63, 3.8) is 0 Å². The Kier molecular flexibility index (Phi) is 4.90. The van der Waals surface area contributed by atoms with Gasteiger partial charge in [-0.3, -0.25) is 0 Å². The van der Waals surface area contributed by atoms with Gasteiger partial charge in [0.05, 0.1) is 19.3 Å². The number of rotatable bonds is 5. The van der Waals surface area contributed by atoms with Crippen molar-refractivity contribution in [2.24, 2.45) is 5.73 Å². The molecule has 0 fully saturated rings. The van der Waals surface area contributed by atoms with Gasteiger partial charge in [0.2, 0.25) is 0 Å². The van der Waals surface area contributed by atoms with Crippen molar-refractivity contribution in [3.05, 3.63) is 34.9 Å². The lowest BCUT2D eigenvalue weighted by Crippen LogP contribution is -2.17. The summed E-state index contributed by atoms with van der Waals surface area (Å²) in [5.74, 6) is 0. The zero-order chi connectivity index (χ0) is 10.4. The van der Waals surface area contributed by atoms with Crippen LogP contribution in [0.25, 0.3) is 0 Å². The van der Waals surface area contributed by atoms with Crippen LogP contribution in [0.2, 0.25) is 5.02 Å². The monoisotopic (exact) mass is 215 g/mol. The zero-order valence-electron chi connectivity index (χ0n) is 7.82. The summed E-state index contributed by atoms with van der Waals surface area (Å²) in [6, 6.07) is 7.37. The molecule has 0 aromatic heterocycles. The molecule has 0 saturated heterocycles. The van der Waals surface area contributed by atoms with Gasteiger partial charge in [-0.25, -0.2) is 0 Å². The van der Waals surface area contributed by atoms with Crippen molar-refractivity contribution >= 4 is 11.6 Å². The van der Waals surface area contributed by atoms with Crippen LogP contribution < -0.4 is 5.73 Å². The first-order valence-corrected chi connectivity index (χ1v) is 4.83. The van der Waals surface area contributed by atoms with E-state index in [9.17, 15) is 0 Å². The molecule has 0 bridgehead atoms. The Morgan fingerprint density at radius 1 is 1.50 bits per heavy atom. The molecule has 1 atom stereocenters. The fourth-order valence-corrected chi connectivity index (χ4v) is 1.40. The summed E-state index contributed by atoms with van der Waals surface area (Å²) in [5, 5.41) is 9.28. The van der Waals surface area contributed by atoms with E-state index in [4.69, 9.17) is 27.2 Å². The Bertz CT molecular complexity index is 281. The van der Waals surface area contributed by atoms with Crippen molar-refractivity contribution in [1.82, 2.24) is 0 Å². The molecule has 0 spiro atoms. The van der Waals surface area contributed by atoms with Gasteiger partial charge in [-0.15, -0.1) is 0 Å². The minimum absolute atomic E-state index is 0.00291. The van der Waals surface area contributed by atoms with E-state index < -0.39 is 0 Å². The third kappa shape index (κ3) is 3.27. The van der Waals surface area contributed by atoms with E-state index in [0.717, 1.165) is 5.56 Å². The van der Waals surface area contributed by atoms with E-state index in [-0.39, 0.29) is 19.3 Å². The lowest BCUT2D eigenvalue weighted by atomic mass is 10.1. The SMILES string of the molecule is NCC(OCCO)c1cccc(Cl)c1. The quantitative estimate of drug-likeness (QED) is 0.780. The first-order chi connectivity index (χ1) is 6.77. The van der Waals surface area contributed by atoms with E-state index in [1.165, 1.54) is 0 Å². The van der Waals surface area contributed by atoms with Gasteiger partial charge >= 0.3 is 0 Å². The van der Waals surface area contributed by atoms with Crippen LogP contribution in [0.1, 0.15) is 11.7 Å². The molecule has 0 amide bonds. The molecule has 0 heterocycles. The minimum Gasteiger partial charge on any atom is -0.394 e. The van der Waals surface area contributed by atoms with Crippen LogP contribution in [0.3, 0.4) is 0 Å². The lowest BCUT2D eigenvalue weighted by molar-refractivity contribution is 0.0329. The molecule has 1 rings (SSSR count). The summed E-state index contributed by atoms with van der Waals surface area (Å²) in [4.78, 5) is 0. The number of benzene rings is 1. The Morgan fingerprint density at radius 3 is 2.86 bits per heavy atom. The smallest absolute Gasteiger partial charge is 0.0948 e. The molecule has 0 aliphatic rings. The highest BCUT2D eigenvalue weighted by Gasteiger charge is 2.09. The first kappa shape index (κ1) is 11.5. The molecule has 1 aromatic rings. The molecule has 1 unspecified atom stereocenters. The molecule has 1 aromatic carbocycles. The highest BCUT2D eigenvalue weighted by Crippen LogP contribution is 2.19. The second kappa shape index (κ2) is 5.98. The van der Waals surface area contributed by atoms with Crippen LogP contribution in [0.5, 0.6) is 0 Å². The third-order valence-corrected chi connectivity index (χ3v) is 2.08. The summed E-state index contributed by atoms with van der Waals surface area (Å²) in [6.45, 7) is 0.659. The standard InChI is InChI=1S/C10H14ClNO2/c11-9-3-1-2-8(6-9)10(7-12)14-5-4-13/h1-3,6,10,13H,4-5,7,12H2. The normalized spacial score (nSPS) is 12.8. The molecular weight excluding hydrogens is 202 g/mol. The molecule has 4 heteroatoms. The van der Waals surface area contributed by atoms with Gasteiger partial charge in [-0.2, -0.15) is 0 Å². The van der Waals surface area contributed by atoms with Gasteiger partial charge in [0.15, 0.2) is 0 Å². The Hall–Kier alpha value is -0.610.